The van der Waals surface area contributed by atoms with Crippen molar-refractivity contribution in [2.75, 3.05) is 24.8 Å². The number of hydroxylamine groups is 1. The average molecular weight is 476 g/mol. The number of hydrogen-bond donors (Lipinski definition) is 4. The molecule has 1 aliphatic carbocycles. The summed E-state index contributed by atoms with van der Waals surface area (Å²) >= 11 is 5.97. The largest absolute Gasteiger partial charge is 0.504 e. The minimum absolute atomic E-state index is 0. The zero-order valence-corrected chi connectivity index (χ0v) is 17.9. The van der Waals surface area contributed by atoms with Gasteiger partial charge in [-0.25, -0.2) is 8.42 Å². The number of phenols is 1. The average Bonchev–Trinajstić information content (AvgIpc) is 2.72. The fraction of sp³-hybridized carbons (Fsp3) is 0.474. The highest BCUT2D eigenvalue weighted by molar-refractivity contribution is 7.89. The molecule has 0 bridgehead atoms. The zero-order chi connectivity index (χ0) is 22.2. The molecule has 0 radical (unpaired) electrons. The van der Waals surface area contributed by atoms with Crippen LogP contribution in [0, 0.1) is 0 Å². The summed E-state index contributed by atoms with van der Waals surface area (Å²) in [5.41, 5.74) is -1.86. The monoisotopic (exact) mass is 475 g/mol. The van der Waals surface area contributed by atoms with E-state index in [0.717, 1.165) is 27.0 Å². The molecule has 1 aliphatic rings. The van der Waals surface area contributed by atoms with Crippen molar-refractivity contribution in [1.82, 2.24) is 4.47 Å². The molecule has 31 heavy (non-hydrogen) atoms. The first kappa shape index (κ1) is 25.1. The van der Waals surface area contributed by atoms with Gasteiger partial charge in [-0.15, -0.1) is 0 Å². The van der Waals surface area contributed by atoms with Crippen LogP contribution in [0.4, 0.5) is 17.1 Å². The lowest BCUT2D eigenvalue weighted by atomic mass is 9.92. The minimum Gasteiger partial charge on any atom is -0.504 e. The highest BCUT2D eigenvalue weighted by Gasteiger charge is 2.32. The van der Waals surface area contributed by atoms with Gasteiger partial charge >= 0.3 is 0 Å². The van der Waals surface area contributed by atoms with Crippen LogP contribution in [0.1, 0.15) is 33.1 Å². The van der Waals surface area contributed by atoms with Crippen LogP contribution in [-0.2, 0) is 14.9 Å². The molecule has 1 saturated carbocycles. The molecule has 0 heterocycles. The molecule has 10 nitrogen and oxygen atoms in total. The molecule has 0 amide bonds. The molecule has 172 valence electrons. The fourth-order valence-electron chi connectivity index (χ4n) is 3.37. The molecule has 2 aromatic carbocycles. The van der Waals surface area contributed by atoms with E-state index in [9.17, 15) is 28.2 Å². The lowest BCUT2D eigenvalue weighted by molar-refractivity contribution is -0.0259. The van der Waals surface area contributed by atoms with E-state index in [0.29, 0.717) is 17.3 Å². The number of aliphatic hydroxyl groups is 1. The van der Waals surface area contributed by atoms with Gasteiger partial charge in [0.25, 0.3) is 20.9 Å². The molecule has 2 atom stereocenters. The van der Waals surface area contributed by atoms with Crippen LogP contribution in [0.3, 0.4) is 0 Å². The lowest BCUT2D eigenvalue weighted by Gasteiger charge is -2.30. The molecule has 2 unspecified atom stereocenters. The van der Waals surface area contributed by atoms with E-state index in [-0.39, 0.29) is 35.6 Å². The summed E-state index contributed by atoms with van der Waals surface area (Å²) in [6.07, 6.45) is 2.32. The number of halogens is 1. The summed E-state index contributed by atoms with van der Waals surface area (Å²) in [4.78, 5) is 28.2. The topological polar surface area (TPSA) is 145 Å². The van der Waals surface area contributed by atoms with Gasteiger partial charge in [-0.1, -0.05) is 36.3 Å². The smallest absolute Gasteiger partial charge is 0.269 e. The molecule has 0 aromatic heterocycles. The van der Waals surface area contributed by atoms with Gasteiger partial charge in [0.2, 0.25) is 0 Å². The SMILES string of the molecule is C.CON(C)S(=O)(=O)c1c(Cl)ccc(Nc2c(NC3CCCCC3O)c(=O)c2=O)c1O. The molecule has 12 heteroatoms. The Balaban J connectivity index is 0.00000341. The number of nitrogens with zero attached hydrogens (tertiary/aromatic N) is 1. The maximum atomic E-state index is 12.6. The van der Waals surface area contributed by atoms with E-state index in [1.54, 1.807) is 0 Å². The highest BCUT2D eigenvalue weighted by atomic mass is 35.5. The van der Waals surface area contributed by atoms with Crippen LogP contribution < -0.4 is 21.5 Å². The maximum Gasteiger partial charge on any atom is 0.269 e. The summed E-state index contributed by atoms with van der Waals surface area (Å²) in [6.45, 7) is 0. The summed E-state index contributed by atoms with van der Waals surface area (Å²) in [6, 6.07) is 2.12. The first-order valence-corrected chi connectivity index (χ1v) is 11.0. The third-order valence-corrected chi connectivity index (χ3v) is 7.35. The fourth-order valence-corrected chi connectivity index (χ4v) is 4.93. The van der Waals surface area contributed by atoms with Crippen LogP contribution in [0.5, 0.6) is 5.75 Å². The van der Waals surface area contributed by atoms with Crippen LogP contribution in [0.15, 0.2) is 26.6 Å². The van der Waals surface area contributed by atoms with E-state index in [4.69, 9.17) is 11.6 Å². The van der Waals surface area contributed by atoms with Crippen molar-refractivity contribution in [2.24, 2.45) is 0 Å². The van der Waals surface area contributed by atoms with Gasteiger partial charge in [0.15, 0.2) is 5.75 Å². The number of phenolic OH excluding ortho intramolecular Hbond substituents is 1. The number of sulfonamides is 1. The number of aromatic hydroxyl groups is 1. The van der Waals surface area contributed by atoms with Crippen molar-refractivity contribution in [2.45, 2.75) is 50.2 Å². The van der Waals surface area contributed by atoms with Gasteiger partial charge < -0.3 is 20.8 Å². The van der Waals surface area contributed by atoms with E-state index in [1.807, 2.05) is 0 Å². The number of anilines is 3. The summed E-state index contributed by atoms with van der Waals surface area (Å²) in [5.74, 6) is -0.733. The molecular weight excluding hydrogens is 450 g/mol. The van der Waals surface area contributed by atoms with Crippen LogP contribution in [0.2, 0.25) is 5.02 Å². The second-order valence-electron chi connectivity index (χ2n) is 7.01. The molecular formula is C19H26ClN3O7S. The summed E-state index contributed by atoms with van der Waals surface area (Å²) < 4.78 is 25.6. The van der Waals surface area contributed by atoms with Gasteiger partial charge in [-0.05, 0) is 25.0 Å². The third-order valence-electron chi connectivity index (χ3n) is 5.17. The maximum absolute atomic E-state index is 12.6. The van der Waals surface area contributed by atoms with Crippen molar-refractivity contribution < 1.29 is 23.5 Å². The molecule has 0 aliphatic heterocycles. The predicted octanol–water partition coefficient (Wildman–Crippen LogP) is 1.92. The van der Waals surface area contributed by atoms with Crippen molar-refractivity contribution >= 4 is 38.7 Å². The number of benzene rings is 1. The van der Waals surface area contributed by atoms with Gasteiger partial charge in [-0.3, -0.25) is 14.4 Å². The Morgan fingerprint density at radius 3 is 2.39 bits per heavy atom. The minimum atomic E-state index is -4.29. The van der Waals surface area contributed by atoms with E-state index < -0.39 is 37.6 Å². The normalized spacial score (nSPS) is 19.3. The number of hydrogen-bond acceptors (Lipinski definition) is 9. The zero-order valence-electron chi connectivity index (χ0n) is 16.3. The highest BCUT2D eigenvalue weighted by Crippen LogP contribution is 2.40. The Kier molecular flexibility index (Phi) is 7.71. The van der Waals surface area contributed by atoms with Gasteiger partial charge in [0, 0.05) is 7.05 Å². The Morgan fingerprint density at radius 1 is 1.16 bits per heavy atom. The van der Waals surface area contributed by atoms with E-state index in [2.05, 4.69) is 15.5 Å². The molecule has 3 rings (SSSR count). The second kappa shape index (κ2) is 9.53. The Bertz CT molecular complexity index is 1130. The van der Waals surface area contributed by atoms with Gasteiger partial charge in [0.05, 0.1) is 30.0 Å². The Hall–Kier alpha value is -2.18. The lowest BCUT2D eigenvalue weighted by Crippen LogP contribution is -2.43. The quantitative estimate of drug-likeness (QED) is 0.268. The second-order valence-corrected chi connectivity index (χ2v) is 9.29. The third kappa shape index (κ3) is 4.55. The molecule has 1 fully saturated rings. The number of nitrogens with one attached hydrogen (secondary N) is 2. The van der Waals surface area contributed by atoms with Crippen LogP contribution in [-0.4, -0.2) is 49.4 Å². The molecule has 2 aromatic rings. The van der Waals surface area contributed by atoms with Crippen molar-refractivity contribution in [3.8, 4) is 5.75 Å². The van der Waals surface area contributed by atoms with Gasteiger partial charge in [0.1, 0.15) is 16.3 Å². The molecule has 0 spiro atoms. The Morgan fingerprint density at radius 2 is 1.77 bits per heavy atom. The Labute approximate surface area is 185 Å². The standard InChI is InChI=1S/C18H22ClN3O7S.CH4/c1-22(29-2)30(27,28)18-9(19)7-8-11(15(18)24)21-14-13(16(25)17(14)26)20-10-5-3-4-6-12(10)23;/h7-8,10,12,20-21,23-24H,3-6H2,1-2H3;1H4. The summed E-state index contributed by atoms with van der Waals surface area (Å²) in [7, 11) is -2.04. The van der Waals surface area contributed by atoms with Crippen molar-refractivity contribution in [1.29, 1.82) is 0 Å². The first-order valence-electron chi connectivity index (χ1n) is 9.19. The number of aliphatic hydroxyl groups excluding tert-OH is 1. The predicted molar refractivity (Wildman–Crippen MR) is 118 cm³/mol. The van der Waals surface area contributed by atoms with Crippen molar-refractivity contribution in [3.05, 3.63) is 37.6 Å². The van der Waals surface area contributed by atoms with E-state index >= 15 is 0 Å². The first-order chi connectivity index (χ1) is 14.1. The van der Waals surface area contributed by atoms with Crippen LogP contribution in [0.25, 0.3) is 0 Å². The molecule has 4 N–H and O–H groups in total. The van der Waals surface area contributed by atoms with Crippen LogP contribution >= 0.6 is 11.6 Å². The van der Waals surface area contributed by atoms with Gasteiger partial charge in [-0.2, -0.15) is 0 Å². The molecule has 0 saturated heterocycles. The number of rotatable bonds is 7. The van der Waals surface area contributed by atoms with Crippen molar-refractivity contribution in [3.63, 3.8) is 0 Å². The summed E-state index contributed by atoms with van der Waals surface area (Å²) in [5, 5.41) is 25.9. The van der Waals surface area contributed by atoms with E-state index in [1.165, 1.54) is 12.1 Å².